The Labute approximate surface area is 130 Å². The molecule has 22 heavy (non-hydrogen) atoms. The third-order valence-corrected chi connectivity index (χ3v) is 4.35. The molecule has 3 rings (SSSR count). The van der Waals surface area contributed by atoms with Gasteiger partial charge in [0.15, 0.2) is 5.82 Å². The minimum absolute atomic E-state index is 0.186. The molecule has 0 aliphatic carbocycles. The quantitative estimate of drug-likeness (QED) is 0.825. The first-order valence-corrected chi connectivity index (χ1v) is 7.91. The zero-order valence-corrected chi connectivity index (χ0v) is 13.6. The second-order valence-electron chi connectivity index (χ2n) is 5.87. The summed E-state index contributed by atoms with van der Waals surface area (Å²) in [7, 11) is 2.12. The predicted molar refractivity (Wildman–Crippen MR) is 82.5 cm³/mol. The highest BCUT2D eigenvalue weighted by atomic mass is 16.5. The molecule has 1 fully saturated rings. The summed E-state index contributed by atoms with van der Waals surface area (Å²) in [6.07, 6.45) is 2.90. The Kier molecular flexibility index (Phi) is 4.54. The van der Waals surface area contributed by atoms with Crippen molar-refractivity contribution in [2.75, 3.05) is 33.2 Å². The summed E-state index contributed by atoms with van der Waals surface area (Å²) >= 11 is 0. The maximum absolute atomic E-state index is 5.37. The predicted octanol–water partition coefficient (Wildman–Crippen LogP) is 1.13. The number of likely N-dealkylation sites (N-methyl/N-ethyl adjacent to an activating group) is 1. The lowest BCUT2D eigenvalue weighted by atomic mass is 10.1. The molecule has 0 aromatic carbocycles. The van der Waals surface area contributed by atoms with E-state index in [4.69, 9.17) is 4.52 Å². The average molecular weight is 304 g/mol. The van der Waals surface area contributed by atoms with E-state index in [9.17, 15) is 0 Å². The topological polar surface area (TPSA) is 63.2 Å². The van der Waals surface area contributed by atoms with E-state index in [1.165, 1.54) is 5.69 Å². The van der Waals surface area contributed by atoms with Crippen molar-refractivity contribution >= 4 is 0 Å². The van der Waals surface area contributed by atoms with Crippen LogP contribution < -0.4 is 0 Å². The lowest BCUT2D eigenvalue weighted by molar-refractivity contribution is 0.0763. The van der Waals surface area contributed by atoms with Crippen molar-refractivity contribution in [2.45, 2.75) is 32.9 Å². The molecule has 7 nitrogen and oxygen atoms in total. The molecule has 0 bridgehead atoms. The van der Waals surface area contributed by atoms with E-state index >= 15 is 0 Å². The van der Waals surface area contributed by atoms with Gasteiger partial charge in [-0.1, -0.05) is 5.16 Å². The number of hydrogen-bond acceptors (Lipinski definition) is 6. The molecule has 0 saturated carbocycles. The van der Waals surface area contributed by atoms with Gasteiger partial charge >= 0.3 is 0 Å². The van der Waals surface area contributed by atoms with Gasteiger partial charge in [-0.2, -0.15) is 10.1 Å². The maximum atomic E-state index is 5.37. The van der Waals surface area contributed by atoms with E-state index in [0.29, 0.717) is 5.82 Å². The summed E-state index contributed by atoms with van der Waals surface area (Å²) in [6.45, 7) is 8.95. The van der Waals surface area contributed by atoms with Crippen LogP contribution in [-0.4, -0.2) is 62.9 Å². The molecule has 1 aliphatic rings. The number of aryl methyl sites for hydroxylation is 2. The Hall–Kier alpha value is -1.73. The largest absolute Gasteiger partial charge is 0.338 e. The molecule has 1 atom stereocenters. The zero-order valence-electron chi connectivity index (χ0n) is 13.6. The van der Waals surface area contributed by atoms with Gasteiger partial charge in [0.25, 0.3) is 0 Å². The molecular weight excluding hydrogens is 280 g/mol. The summed E-state index contributed by atoms with van der Waals surface area (Å²) in [5.74, 6) is 1.43. The van der Waals surface area contributed by atoms with E-state index in [1.807, 2.05) is 13.1 Å². The summed E-state index contributed by atoms with van der Waals surface area (Å²) < 4.78 is 7.43. The van der Waals surface area contributed by atoms with Crippen LogP contribution in [0.15, 0.2) is 16.8 Å². The lowest BCUT2D eigenvalue weighted by Crippen LogP contribution is -2.47. The second kappa shape index (κ2) is 6.58. The minimum Gasteiger partial charge on any atom is -0.338 e. The van der Waals surface area contributed by atoms with Gasteiger partial charge in [0.05, 0.1) is 0 Å². The second-order valence-corrected chi connectivity index (χ2v) is 5.87. The van der Waals surface area contributed by atoms with E-state index in [-0.39, 0.29) is 6.04 Å². The van der Waals surface area contributed by atoms with Gasteiger partial charge in [0.1, 0.15) is 6.04 Å². The van der Waals surface area contributed by atoms with Crippen molar-refractivity contribution in [3.63, 3.8) is 0 Å². The van der Waals surface area contributed by atoms with Gasteiger partial charge in [-0.3, -0.25) is 14.5 Å². The number of piperazine rings is 1. The first kappa shape index (κ1) is 15.2. The Morgan fingerprint density at radius 2 is 2.23 bits per heavy atom. The van der Waals surface area contributed by atoms with E-state index in [1.54, 1.807) is 0 Å². The molecule has 0 amide bonds. The van der Waals surface area contributed by atoms with Crippen LogP contribution in [0.1, 0.15) is 30.4 Å². The molecule has 1 unspecified atom stereocenters. The minimum atomic E-state index is 0.186. The van der Waals surface area contributed by atoms with Gasteiger partial charge in [-0.15, -0.1) is 0 Å². The molecule has 0 spiro atoms. The summed E-state index contributed by atoms with van der Waals surface area (Å²) in [5.41, 5.74) is 1.30. The van der Waals surface area contributed by atoms with Crippen molar-refractivity contribution in [1.29, 1.82) is 0 Å². The lowest BCUT2D eigenvalue weighted by Gasteiger charge is -2.37. The van der Waals surface area contributed by atoms with Crippen molar-refractivity contribution < 1.29 is 4.52 Å². The van der Waals surface area contributed by atoms with Crippen molar-refractivity contribution in [3.05, 3.63) is 29.7 Å². The van der Waals surface area contributed by atoms with Crippen molar-refractivity contribution in [1.82, 2.24) is 29.7 Å². The molecule has 1 saturated heterocycles. The average Bonchev–Trinajstić information content (AvgIpc) is 3.14. The SMILES string of the molecule is CCn1nccc1CCN1CCN(C)C(c2nc(C)no2)C1. The van der Waals surface area contributed by atoms with Gasteiger partial charge in [0.2, 0.25) is 5.89 Å². The van der Waals surface area contributed by atoms with E-state index < -0.39 is 0 Å². The normalized spacial score (nSPS) is 20.6. The number of aromatic nitrogens is 4. The van der Waals surface area contributed by atoms with Crippen LogP contribution in [0.2, 0.25) is 0 Å². The van der Waals surface area contributed by atoms with Gasteiger partial charge in [0, 0.05) is 51.0 Å². The molecule has 0 N–H and O–H groups in total. The molecule has 1 aliphatic heterocycles. The van der Waals surface area contributed by atoms with Crippen molar-refractivity contribution in [3.8, 4) is 0 Å². The smallest absolute Gasteiger partial charge is 0.245 e. The summed E-state index contributed by atoms with van der Waals surface area (Å²) in [4.78, 5) is 9.16. The first-order chi connectivity index (χ1) is 10.7. The zero-order chi connectivity index (χ0) is 15.5. The first-order valence-electron chi connectivity index (χ1n) is 7.91. The van der Waals surface area contributed by atoms with E-state index in [2.05, 4.69) is 49.8 Å². The molecule has 3 heterocycles. The summed E-state index contributed by atoms with van der Waals surface area (Å²) in [5, 5.41) is 8.25. The van der Waals surface area contributed by atoms with Crippen LogP contribution in [-0.2, 0) is 13.0 Å². The molecular formula is C15H24N6O. The van der Waals surface area contributed by atoms with Crippen LogP contribution in [0.4, 0.5) is 0 Å². The fourth-order valence-corrected chi connectivity index (χ4v) is 2.98. The van der Waals surface area contributed by atoms with Crippen LogP contribution in [0.25, 0.3) is 0 Å². The number of hydrogen-bond donors (Lipinski definition) is 0. The molecule has 0 radical (unpaired) electrons. The highest BCUT2D eigenvalue weighted by molar-refractivity contribution is 5.02. The number of nitrogens with zero attached hydrogens (tertiary/aromatic N) is 6. The molecule has 2 aromatic rings. The van der Waals surface area contributed by atoms with Crippen LogP contribution >= 0.6 is 0 Å². The molecule has 2 aromatic heterocycles. The van der Waals surface area contributed by atoms with Crippen LogP contribution in [0.3, 0.4) is 0 Å². The number of rotatable bonds is 5. The monoisotopic (exact) mass is 304 g/mol. The Bertz CT molecular complexity index is 607. The fourth-order valence-electron chi connectivity index (χ4n) is 2.98. The molecule has 7 heteroatoms. The Morgan fingerprint density at radius 1 is 1.36 bits per heavy atom. The third kappa shape index (κ3) is 3.20. The molecule has 120 valence electrons. The van der Waals surface area contributed by atoms with E-state index in [0.717, 1.165) is 45.0 Å². The Balaban J connectivity index is 1.61. The summed E-state index contributed by atoms with van der Waals surface area (Å²) in [6, 6.07) is 2.30. The fraction of sp³-hybridized carbons (Fsp3) is 0.667. The van der Waals surface area contributed by atoms with Gasteiger partial charge in [-0.05, 0) is 27.0 Å². The van der Waals surface area contributed by atoms with Crippen LogP contribution in [0, 0.1) is 6.92 Å². The van der Waals surface area contributed by atoms with Gasteiger partial charge in [-0.25, -0.2) is 0 Å². The van der Waals surface area contributed by atoms with Crippen molar-refractivity contribution in [2.24, 2.45) is 0 Å². The van der Waals surface area contributed by atoms with Crippen LogP contribution in [0.5, 0.6) is 0 Å². The third-order valence-electron chi connectivity index (χ3n) is 4.35. The van der Waals surface area contributed by atoms with Gasteiger partial charge < -0.3 is 4.52 Å². The highest BCUT2D eigenvalue weighted by Gasteiger charge is 2.29. The maximum Gasteiger partial charge on any atom is 0.245 e. The highest BCUT2D eigenvalue weighted by Crippen LogP contribution is 2.22. The Morgan fingerprint density at radius 3 is 2.95 bits per heavy atom. The standard InChI is InChI=1S/C15H24N6O/c1-4-21-13(5-7-16-21)6-8-20-10-9-19(3)14(11-20)15-17-12(2)18-22-15/h5,7,14H,4,6,8-11H2,1-3H3.